The van der Waals surface area contributed by atoms with Crippen molar-refractivity contribution in [2.24, 2.45) is 0 Å². The Morgan fingerprint density at radius 2 is 1.79 bits per heavy atom. The van der Waals surface area contributed by atoms with Crippen LogP contribution >= 0.6 is 0 Å². The Hall–Kier alpha value is -4.47. The average molecular weight is 530 g/mol. The SMILES string of the molecule is O=C(NC1CCCC1)[C@H](c1ccccc1F)N(Cc1ccc2c(c1)OCO2)C(=O)Cn1nnc2ccccc21. The number of benzene rings is 3. The molecule has 1 fully saturated rings. The number of nitrogens with one attached hydrogen (secondary N) is 1. The zero-order valence-electron chi connectivity index (χ0n) is 21.3. The number of carbonyl (C=O) groups is 2. The third kappa shape index (κ3) is 5.14. The lowest BCUT2D eigenvalue weighted by Crippen LogP contribution is -2.47. The lowest BCUT2D eigenvalue weighted by Gasteiger charge is -2.32. The molecule has 200 valence electrons. The van der Waals surface area contributed by atoms with E-state index >= 15 is 4.39 Å². The molecule has 0 bridgehead atoms. The van der Waals surface area contributed by atoms with Crippen LogP contribution in [0.1, 0.15) is 42.9 Å². The molecule has 2 heterocycles. The number of carbonyl (C=O) groups excluding carboxylic acids is 2. The van der Waals surface area contributed by atoms with Crippen molar-refractivity contribution in [2.75, 3.05) is 6.79 Å². The molecule has 1 atom stereocenters. The maximum Gasteiger partial charge on any atom is 0.247 e. The summed E-state index contributed by atoms with van der Waals surface area (Å²) in [6.45, 7) is -0.0195. The Kier molecular flexibility index (Phi) is 6.83. The van der Waals surface area contributed by atoms with Gasteiger partial charge in [0.1, 0.15) is 23.9 Å². The number of amides is 2. The van der Waals surface area contributed by atoms with E-state index in [2.05, 4.69) is 15.6 Å². The molecule has 2 aliphatic rings. The van der Waals surface area contributed by atoms with Gasteiger partial charge in [0.2, 0.25) is 18.6 Å². The van der Waals surface area contributed by atoms with Crippen LogP contribution < -0.4 is 14.8 Å². The van der Waals surface area contributed by atoms with E-state index in [4.69, 9.17) is 9.47 Å². The summed E-state index contributed by atoms with van der Waals surface area (Å²) in [6.07, 6.45) is 3.76. The smallest absolute Gasteiger partial charge is 0.247 e. The summed E-state index contributed by atoms with van der Waals surface area (Å²) in [5.41, 5.74) is 2.18. The van der Waals surface area contributed by atoms with E-state index in [0.29, 0.717) is 28.1 Å². The van der Waals surface area contributed by atoms with E-state index in [1.165, 1.54) is 15.6 Å². The van der Waals surface area contributed by atoms with Crippen LogP contribution in [-0.4, -0.2) is 44.5 Å². The monoisotopic (exact) mass is 529 g/mol. The van der Waals surface area contributed by atoms with Crippen molar-refractivity contribution in [1.29, 1.82) is 0 Å². The van der Waals surface area contributed by atoms with Gasteiger partial charge in [-0.15, -0.1) is 5.10 Å². The highest BCUT2D eigenvalue weighted by Gasteiger charge is 2.35. The Morgan fingerprint density at radius 1 is 1.03 bits per heavy atom. The highest BCUT2D eigenvalue weighted by molar-refractivity contribution is 5.89. The Labute approximate surface area is 224 Å². The lowest BCUT2D eigenvalue weighted by molar-refractivity contribution is -0.142. The number of ether oxygens (including phenoxy) is 2. The van der Waals surface area contributed by atoms with Crippen LogP contribution in [0.25, 0.3) is 11.0 Å². The van der Waals surface area contributed by atoms with E-state index in [1.807, 2.05) is 30.3 Å². The third-order valence-corrected chi connectivity index (χ3v) is 7.28. The number of aromatic nitrogens is 3. The topological polar surface area (TPSA) is 98.6 Å². The summed E-state index contributed by atoms with van der Waals surface area (Å²) in [5.74, 6) is -0.211. The summed E-state index contributed by atoms with van der Waals surface area (Å²) in [6, 6.07) is 17.6. The fourth-order valence-corrected chi connectivity index (χ4v) is 5.31. The molecule has 0 spiro atoms. The molecule has 6 rings (SSSR count). The number of nitrogens with zero attached hydrogens (tertiary/aromatic N) is 4. The molecule has 39 heavy (non-hydrogen) atoms. The first kappa shape index (κ1) is 24.8. The molecule has 4 aromatic rings. The summed E-state index contributed by atoms with van der Waals surface area (Å²) < 4.78 is 27.7. The van der Waals surface area contributed by atoms with Crippen molar-refractivity contribution in [1.82, 2.24) is 25.2 Å². The molecule has 3 aromatic carbocycles. The van der Waals surface area contributed by atoms with Gasteiger partial charge in [-0.05, 0) is 48.7 Å². The van der Waals surface area contributed by atoms with E-state index in [9.17, 15) is 9.59 Å². The van der Waals surface area contributed by atoms with Crippen molar-refractivity contribution in [3.05, 3.63) is 83.7 Å². The van der Waals surface area contributed by atoms with Gasteiger partial charge in [-0.2, -0.15) is 0 Å². The standard InChI is InChI=1S/C29H28FN5O4/c30-22-10-4-3-9-21(22)28(29(37)31-20-7-1-2-8-20)34(16-19-13-14-25-26(15-19)39-18-38-25)27(36)17-35-24-12-6-5-11-23(24)32-33-35/h3-6,9-15,20,28H,1-2,7-8,16-18H2,(H,31,37)/t28-/m0/s1. The van der Waals surface area contributed by atoms with Crippen LogP contribution in [0.15, 0.2) is 66.7 Å². The first-order valence-electron chi connectivity index (χ1n) is 13.1. The number of hydrogen-bond donors (Lipinski definition) is 1. The normalized spacial score (nSPS) is 15.4. The molecule has 1 N–H and O–H groups in total. The van der Waals surface area contributed by atoms with Crippen molar-refractivity contribution in [2.45, 2.75) is 50.9 Å². The maximum absolute atomic E-state index is 15.3. The minimum atomic E-state index is -1.19. The van der Waals surface area contributed by atoms with E-state index in [1.54, 1.807) is 30.3 Å². The van der Waals surface area contributed by atoms with Crippen LogP contribution in [0.4, 0.5) is 4.39 Å². The lowest BCUT2D eigenvalue weighted by atomic mass is 10.0. The molecule has 1 aliphatic heterocycles. The Bertz CT molecular complexity index is 1520. The molecular formula is C29H28FN5O4. The minimum absolute atomic E-state index is 0.00599. The van der Waals surface area contributed by atoms with E-state index in [-0.39, 0.29) is 31.5 Å². The quantitative estimate of drug-likeness (QED) is 0.369. The van der Waals surface area contributed by atoms with Crippen LogP contribution in [0.2, 0.25) is 0 Å². The highest BCUT2D eigenvalue weighted by Crippen LogP contribution is 2.34. The van der Waals surface area contributed by atoms with Crippen molar-refractivity contribution in [3.8, 4) is 11.5 Å². The fourth-order valence-electron chi connectivity index (χ4n) is 5.31. The maximum atomic E-state index is 15.3. The van der Waals surface area contributed by atoms with Crippen molar-refractivity contribution in [3.63, 3.8) is 0 Å². The second kappa shape index (κ2) is 10.7. The van der Waals surface area contributed by atoms with Gasteiger partial charge in [0.15, 0.2) is 11.5 Å². The number of hydrogen-bond acceptors (Lipinski definition) is 6. The van der Waals surface area contributed by atoms with Gasteiger partial charge in [-0.3, -0.25) is 9.59 Å². The molecule has 0 saturated heterocycles. The zero-order chi connectivity index (χ0) is 26.8. The molecule has 2 amide bonds. The largest absolute Gasteiger partial charge is 0.454 e. The third-order valence-electron chi connectivity index (χ3n) is 7.28. The molecular weight excluding hydrogens is 501 g/mol. The minimum Gasteiger partial charge on any atom is -0.454 e. The summed E-state index contributed by atoms with van der Waals surface area (Å²) in [5, 5.41) is 11.4. The van der Waals surface area contributed by atoms with Crippen molar-refractivity contribution < 1.29 is 23.5 Å². The summed E-state index contributed by atoms with van der Waals surface area (Å²) in [7, 11) is 0. The van der Waals surface area contributed by atoms with Gasteiger partial charge in [-0.1, -0.05) is 54.5 Å². The molecule has 0 unspecified atom stereocenters. The molecule has 0 radical (unpaired) electrons. The van der Waals surface area contributed by atoms with Crippen LogP contribution in [0, 0.1) is 5.82 Å². The predicted molar refractivity (Wildman–Crippen MR) is 140 cm³/mol. The zero-order valence-corrected chi connectivity index (χ0v) is 21.3. The number of halogens is 1. The van der Waals surface area contributed by atoms with Crippen molar-refractivity contribution >= 4 is 22.8 Å². The van der Waals surface area contributed by atoms with Crippen LogP contribution in [0.3, 0.4) is 0 Å². The molecule has 1 saturated carbocycles. The number of fused-ring (bicyclic) bond motifs is 2. The molecule has 9 nitrogen and oxygen atoms in total. The Balaban J connectivity index is 1.39. The van der Waals surface area contributed by atoms with Gasteiger partial charge in [-0.25, -0.2) is 9.07 Å². The first-order valence-corrected chi connectivity index (χ1v) is 13.1. The second-order valence-corrected chi connectivity index (χ2v) is 9.86. The number of rotatable bonds is 8. The van der Waals surface area contributed by atoms with Crippen LogP contribution in [-0.2, 0) is 22.7 Å². The first-order chi connectivity index (χ1) is 19.1. The van der Waals surface area contributed by atoms with Crippen LogP contribution in [0.5, 0.6) is 11.5 Å². The summed E-state index contributed by atoms with van der Waals surface area (Å²) in [4.78, 5) is 29.3. The van der Waals surface area contributed by atoms with Gasteiger partial charge >= 0.3 is 0 Å². The van der Waals surface area contributed by atoms with E-state index in [0.717, 1.165) is 25.7 Å². The van der Waals surface area contributed by atoms with Gasteiger partial charge in [0.25, 0.3) is 0 Å². The Morgan fingerprint density at radius 3 is 2.64 bits per heavy atom. The predicted octanol–water partition coefficient (Wildman–Crippen LogP) is 4.13. The van der Waals surface area contributed by atoms with Gasteiger partial charge in [0, 0.05) is 18.2 Å². The summed E-state index contributed by atoms with van der Waals surface area (Å²) >= 11 is 0. The number of para-hydroxylation sites is 1. The fraction of sp³-hybridized carbons (Fsp3) is 0.310. The molecule has 1 aliphatic carbocycles. The van der Waals surface area contributed by atoms with Gasteiger partial charge < -0.3 is 19.7 Å². The second-order valence-electron chi connectivity index (χ2n) is 9.86. The molecule has 10 heteroatoms. The van der Waals surface area contributed by atoms with E-state index < -0.39 is 23.7 Å². The average Bonchev–Trinajstić information content (AvgIpc) is 3.71. The van der Waals surface area contributed by atoms with Gasteiger partial charge in [0.05, 0.1) is 5.52 Å². The molecule has 1 aromatic heterocycles. The highest BCUT2D eigenvalue weighted by atomic mass is 19.1.